The second-order valence-corrected chi connectivity index (χ2v) is 8.06. The lowest BCUT2D eigenvalue weighted by Gasteiger charge is -2.15. The summed E-state index contributed by atoms with van der Waals surface area (Å²) in [5, 5.41) is 2.94. The molecular formula is C22H19FN2O2S. The lowest BCUT2D eigenvalue weighted by molar-refractivity contribution is -0.116. The first-order chi connectivity index (χ1) is 13.4. The number of carbonyl (C=O) groups is 2. The minimum Gasteiger partial charge on any atom is -0.321 e. The van der Waals surface area contributed by atoms with Crippen molar-refractivity contribution >= 4 is 34.5 Å². The van der Waals surface area contributed by atoms with Gasteiger partial charge in [-0.1, -0.05) is 12.1 Å². The van der Waals surface area contributed by atoms with E-state index < -0.39 is 0 Å². The number of nitrogens with zero attached hydrogens (tertiary/aromatic N) is 1. The summed E-state index contributed by atoms with van der Waals surface area (Å²) in [6.45, 7) is 4.18. The lowest BCUT2D eigenvalue weighted by atomic mass is 10.1. The predicted octanol–water partition coefficient (Wildman–Crippen LogP) is 5.02. The Bertz CT molecular complexity index is 1070. The Morgan fingerprint density at radius 1 is 1.11 bits per heavy atom. The minimum atomic E-state index is -0.283. The van der Waals surface area contributed by atoms with E-state index in [1.807, 2.05) is 31.2 Å². The SMILES string of the molecule is CC(=O)N1CCc2cc(NC(=O)c3cc(-c4ccc(F)cc4)c(C)s3)ccc21. The van der Waals surface area contributed by atoms with Crippen molar-refractivity contribution in [3.8, 4) is 11.1 Å². The van der Waals surface area contributed by atoms with Crippen LogP contribution in [-0.2, 0) is 11.2 Å². The van der Waals surface area contributed by atoms with Crippen LogP contribution < -0.4 is 10.2 Å². The number of halogens is 1. The number of thiophene rings is 1. The molecule has 0 spiro atoms. The third-order valence-corrected chi connectivity index (χ3v) is 5.96. The molecule has 2 heterocycles. The molecule has 2 aromatic carbocycles. The summed E-state index contributed by atoms with van der Waals surface area (Å²) in [5.74, 6) is -0.435. The quantitative estimate of drug-likeness (QED) is 0.678. The summed E-state index contributed by atoms with van der Waals surface area (Å²) in [7, 11) is 0. The van der Waals surface area contributed by atoms with Gasteiger partial charge in [-0.05, 0) is 66.4 Å². The molecule has 4 rings (SSSR count). The number of fused-ring (bicyclic) bond motifs is 1. The predicted molar refractivity (Wildman–Crippen MR) is 111 cm³/mol. The topological polar surface area (TPSA) is 49.4 Å². The van der Waals surface area contributed by atoms with Crippen molar-refractivity contribution in [2.45, 2.75) is 20.3 Å². The van der Waals surface area contributed by atoms with E-state index >= 15 is 0 Å². The Hall–Kier alpha value is -2.99. The van der Waals surface area contributed by atoms with Crippen molar-refractivity contribution in [3.05, 3.63) is 69.7 Å². The molecule has 0 saturated carbocycles. The van der Waals surface area contributed by atoms with Crippen LogP contribution in [0.3, 0.4) is 0 Å². The van der Waals surface area contributed by atoms with Crippen LogP contribution in [0.4, 0.5) is 15.8 Å². The molecule has 2 amide bonds. The van der Waals surface area contributed by atoms with Gasteiger partial charge < -0.3 is 10.2 Å². The lowest BCUT2D eigenvalue weighted by Crippen LogP contribution is -2.25. The molecule has 142 valence electrons. The molecular weight excluding hydrogens is 375 g/mol. The van der Waals surface area contributed by atoms with Crippen molar-refractivity contribution in [3.63, 3.8) is 0 Å². The van der Waals surface area contributed by atoms with E-state index in [0.717, 1.165) is 33.7 Å². The van der Waals surface area contributed by atoms with Gasteiger partial charge in [0.15, 0.2) is 0 Å². The molecule has 0 radical (unpaired) electrons. The molecule has 1 N–H and O–H groups in total. The second kappa shape index (κ2) is 7.20. The summed E-state index contributed by atoms with van der Waals surface area (Å²) in [5.41, 5.74) is 4.50. The molecule has 0 fully saturated rings. The van der Waals surface area contributed by atoms with Crippen LogP contribution in [0.5, 0.6) is 0 Å². The Balaban J connectivity index is 1.54. The number of nitrogens with one attached hydrogen (secondary N) is 1. The summed E-state index contributed by atoms with van der Waals surface area (Å²) >= 11 is 1.41. The highest BCUT2D eigenvalue weighted by Crippen LogP contribution is 2.33. The molecule has 0 saturated heterocycles. The van der Waals surface area contributed by atoms with Gasteiger partial charge in [-0.15, -0.1) is 11.3 Å². The third-order valence-electron chi connectivity index (χ3n) is 4.91. The van der Waals surface area contributed by atoms with Crippen LogP contribution in [0.1, 0.15) is 27.0 Å². The van der Waals surface area contributed by atoms with Crippen LogP contribution in [0.2, 0.25) is 0 Å². The van der Waals surface area contributed by atoms with Gasteiger partial charge in [-0.2, -0.15) is 0 Å². The summed E-state index contributed by atoms with van der Waals surface area (Å²) < 4.78 is 13.2. The van der Waals surface area contributed by atoms with Gasteiger partial charge in [0.2, 0.25) is 5.91 Å². The van der Waals surface area contributed by atoms with Gasteiger partial charge in [0.05, 0.1) is 4.88 Å². The Labute approximate surface area is 166 Å². The highest BCUT2D eigenvalue weighted by molar-refractivity contribution is 7.14. The maximum atomic E-state index is 13.2. The number of carbonyl (C=O) groups excluding carboxylic acids is 2. The van der Waals surface area contributed by atoms with Crippen LogP contribution >= 0.6 is 11.3 Å². The van der Waals surface area contributed by atoms with E-state index in [1.165, 1.54) is 23.5 Å². The normalized spacial score (nSPS) is 12.8. The summed E-state index contributed by atoms with van der Waals surface area (Å²) in [6, 6.07) is 13.7. The average molecular weight is 394 g/mol. The van der Waals surface area contributed by atoms with Crippen molar-refractivity contribution in [1.82, 2.24) is 0 Å². The zero-order valence-corrected chi connectivity index (χ0v) is 16.4. The Morgan fingerprint density at radius 2 is 1.86 bits per heavy atom. The van der Waals surface area contributed by atoms with E-state index in [2.05, 4.69) is 5.32 Å². The van der Waals surface area contributed by atoms with Crippen molar-refractivity contribution < 1.29 is 14.0 Å². The first-order valence-corrected chi connectivity index (χ1v) is 9.83. The molecule has 3 aromatic rings. The van der Waals surface area contributed by atoms with Crippen LogP contribution in [0.15, 0.2) is 48.5 Å². The number of aryl methyl sites for hydroxylation is 1. The number of anilines is 2. The number of rotatable bonds is 3. The fraction of sp³-hybridized carbons (Fsp3) is 0.182. The third kappa shape index (κ3) is 3.43. The smallest absolute Gasteiger partial charge is 0.265 e. The highest BCUT2D eigenvalue weighted by atomic mass is 32.1. The zero-order chi connectivity index (χ0) is 19.8. The maximum Gasteiger partial charge on any atom is 0.265 e. The van der Waals surface area contributed by atoms with Crippen molar-refractivity contribution in [2.75, 3.05) is 16.8 Å². The molecule has 6 heteroatoms. The average Bonchev–Trinajstić information content (AvgIpc) is 3.26. The van der Waals surface area contributed by atoms with E-state index in [-0.39, 0.29) is 17.6 Å². The molecule has 0 atom stereocenters. The largest absolute Gasteiger partial charge is 0.321 e. The number of hydrogen-bond donors (Lipinski definition) is 1. The first kappa shape index (κ1) is 18.4. The summed E-state index contributed by atoms with van der Waals surface area (Å²) in [4.78, 5) is 27.7. The van der Waals surface area contributed by atoms with E-state index in [9.17, 15) is 14.0 Å². The molecule has 0 aliphatic carbocycles. The van der Waals surface area contributed by atoms with Crippen LogP contribution in [0.25, 0.3) is 11.1 Å². The van der Waals surface area contributed by atoms with Crippen molar-refractivity contribution in [1.29, 1.82) is 0 Å². The molecule has 0 unspecified atom stereocenters. The molecule has 4 nitrogen and oxygen atoms in total. The molecule has 28 heavy (non-hydrogen) atoms. The minimum absolute atomic E-state index is 0.0259. The first-order valence-electron chi connectivity index (χ1n) is 9.01. The van der Waals surface area contributed by atoms with Gasteiger partial charge in [0, 0.05) is 29.7 Å². The zero-order valence-electron chi connectivity index (χ0n) is 15.6. The van der Waals surface area contributed by atoms with E-state index in [0.29, 0.717) is 17.1 Å². The molecule has 1 aliphatic rings. The summed E-state index contributed by atoms with van der Waals surface area (Å²) in [6.07, 6.45) is 0.783. The van der Waals surface area contributed by atoms with Crippen LogP contribution in [0, 0.1) is 12.7 Å². The number of hydrogen-bond acceptors (Lipinski definition) is 3. The Morgan fingerprint density at radius 3 is 2.57 bits per heavy atom. The maximum absolute atomic E-state index is 13.2. The van der Waals surface area contributed by atoms with Gasteiger partial charge >= 0.3 is 0 Å². The standard InChI is InChI=1S/C22H19FN2O2S/c1-13-19(15-3-5-17(23)6-4-15)12-21(28-13)22(27)24-18-7-8-20-16(11-18)9-10-25(20)14(2)26/h3-8,11-12H,9-10H2,1-2H3,(H,24,27). The van der Waals surface area contributed by atoms with Gasteiger partial charge in [0.1, 0.15) is 5.82 Å². The monoisotopic (exact) mass is 394 g/mol. The number of benzene rings is 2. The molecule has 1 aromatic heterocycles. The van der Waals surface area contributed by atoms with Crippen LogP contribution in [-0.4, -0.2) is 18.4 Å². The number of amides is 2. The molecule has 0 bridgehead atoms. The molecule has 1 aliphatic heterocycles. The van der Waals surface area contributed by atoms with E-state index in [1.54, 1.807) is 24.0 Å². The fourth-order valence-corrected chi connectivity index (χ4v) is 4.45. The Kier molecular flexibility index (Phi) is 4.73. The van der Waals surface area contributed by atoms with Gasteiger partial charge in [0.25, 0.3) is 5.91 Å². The van der Waals surface area contributed by atoms with Gasteiger partial charge in [-0.3, -0.25) is 9.59 Å². The van der Waals surface area contributed by atoms with Crippen molar-refractivity contribution in [2.24, 2.45) is 0 Å². The van der Waals surface area contributed by atoms with E-state index in [4.69, 9.17) is 0 Å². The fourth-order valence-electron chi connectivity index (χ4n) is 3.51. The highest BCUT2D eigenvalue weighted by Gasteiger charge is 2.22. The second-order valence-electron chi connectivity index (χ2n) is 6.81. The van der Waals surface area contributed by atoms with Gasteiger partial charge in [-0.25, -0.2) is 4.39 Å².